The van der Waals surface area contributed by atoms with E-state index in [4.69, 9.17) is 0 Å². The van der Waals surface area contributed by atoms with Gasteiger partial charge in [0.15, 0.2) is 0 Å². The highest BCUT2D eigenvalue weighted by atomic mass is 127. The highest BCUT2D eigenvalue weighted by molar-refractivity contribution is 14.1. The zero-order valence-electron chi connectivity index (χ0n) is 10.8. The first-order valence-corrected chi connectivity index (χ1v) is 7.81. The molecule has 1 aliphatic carbocycles. The highest BCUT2D eigenvalue weighted by Gasteiger charge is 2.21. The Kier molecular flexibility index (Phi) is 5.03. The van der Waals surface area contributed by atoms with Crippen LogP contribution in [0.3, 0.4) is 0 Å². The summed E-state index contributed by atoms with van der Waals surface area (Å²) in [5, 5.41) is 3.20. The minimum atomic E-state index is 0.0742. The van der Waals surface area contributed by atoms with E-state index in [1.807, 2.05) is 24.3 Å². The van der Waals surface area contributed by atoms with Crippen LogP contribution in [0.15, 0.2) is 24.3 Å². The molecule has 1 fully saturated rings. The maximum Gasteiger partial charge on any atom is 0.251 e. The second kappa shape index (κ2) is 6.55. The average molecular weight is 357 g/mol. The molecular formula is C15H20INO. The first-order valence-electron chi connectivity index (χ1n) is 6.73. The van der Waals surface area contributed by atoms with Gasteiger partial charge in [0, 0.05) is 15.2 Å². The van der Waals surface area contributed by atoms with Crippen LogP contribution in [0.4, 0.5) is 0 Å². The average Bonchev–Trinajstić information content (AvgIpc) is 2.56. The van der Waals surface area contributed by atoms with Gasteiger partial charge in [-0.3, -0.25) is 4.79 Å². The molecule has 0 bridgehead atoms. The number of rotatable bonds is 2. The van der Waals surface area contributed by atoms with Crippen molar-refractivity contribution < 1.29 is 4.79 Å². The van der Waals surface area contributed by atoms with E-state index in [0.717, 1.165) is 15.6 Å². The van der Waals surface area contributed by atoms with Crippen molar-refractivity contribution in [3.63, 3.8) is 0 Å². The second-order valence-electron chi connectivity index (χ2n) is 5.20. The lowest BCUT2D eigenvalue weighted by atomic mass is 9.96. The van der Waals surface area contributed by atoms with Gasteiger partial charge in [0.1, 0.15) is 0 Å². The third kappa shape index (κ3) is 3.70. The molecule has 0 saturated heterocycles. The van der Waals surface area contributed by atoms with Crippen LogP contribution in [0.1, 0.15) is 49.4 Å². The van der Waals surface area contributed by atoms with Crippen LogP contribution in [0.25, 0.3) is 0 Å². The number of hydrogen-bond donors (Lipinski definition) is 1. The molecule has 1 aliphatic rings. The molecule has 1 amide bonds. The number of hydrogen-bond acceptors (Lipinski definition) is 1. The lowest BCUT2D eigenvalue weighted by molar-refractivity contribution is 0.0921. The summed E-state index contributed by atoms with van der Waals surface area (Å²) in [6, 6.07) is 8.11. The number of carbonyl (C=O) groups is 1. The zero-order valence-corrected chi connectivity index (χ0v) is 12.9. The van der Waals surface area contributed by atoms with E-state index in [1.165, 1.54) is 25.7 Å². The fraction of sp³-hybridized carbons (Fsp3) is 0.533. The molecule has 0 radical (unpaired) electrons. The van der Waals surface area contributed by atoms with Crippen molar-refractivity contribution in [1.82, 2.24) is 5.32 Å². The molecule has 2 nitrogen and oxygen atoms in total. The molecule has 2 unspecified atom stereocenters. The molecule has 1 N–H and O–H groups in total. The molecular weight excluding hydrogens is 337 g/mol. The number of nitrogens with one attached hydrogen (secondary N) is 1. The monoisotopic (exact) mass is 357 g/mol. The third-order valence-electron chi connectivity index (χ3n) is 3.78. The quantitative estimate of drug-likeness (QED) is 0.629. The summed E-state index contributed by atoms with van der Waals surface area (Å²) < 4.78 is 1.16. The van der Waals surface area contributed by atoms with Gasteiger partial charge in [-0.25, -0.2) is 0 Å². The molecule has 18 heavy (non-hydrogen) atoms. The molecule has 1 aromatic carbocycles. The van der Waals surface area contributed by atoms with Gasteiger partial charge in [-0.15, -0.1) is 0 Å². The largest absolute Gasteiger partial charge is 0.349 e. The van der Waals surface area contributed by atoms with Crippen LogP contribution in [-0.4, -0.2) is 11.9 Å². The summed E-state index contributed by atoms with van der Waals surface area (Å²) in [6.07, 6.45) is 6.20. The van der Waals surface area contributed by atoms with Gasteiger partial charge in [0.2, 0.25) is 0 Å². The molecule has 0 heterocycles. The van der Waals surface area contributed by atoms with Crippen LogP contribution in [-0.2, 0) is 0 Å². The predicted octanol–water partition coefficient (Wildman–Crippen LogP) is 3.99. The topological polar surface area (TPSA) is 29.1 Å². The van der Waals surface area contributed by atoms with Crippen LogP contribution in [0.5, 0.6) is 0 Å². The van der Waals surface area contributed by atoms with Crippen LogP contribution < -0.4 is 5.32 Å². The third-order valence-corrected chi connectivity index (χ3v) is 4.50. The van der Waals surface area contributed by atoms with Crippen molar-refractivity contribution in [1.29, 1.82) is 0 Å². The Morgan fingerprint density at radius 1 is 1.17 bits per heavy atom. The molecule has 2 atom stereocenters. The number of amides is 1. The molecule has 0 spiro atoms. The Morgan fingerprint density at radius 3 is 2.56 bits per heavy atom. The second-order valence-corrected chi connectivity index (χ2v) is 6.45. The van der Waals surface area contributed by atoms with Crippen molar-refractivity contribution in [2.24, 2.45) is 5.92 Å². The Labute approximate surface area is 123 Å². The highest BCUT2D eigenvalue weighted by Crippen LogP contribution is 2.23. The van der Waals surface area contributed by atoms with Gasteiger partial charge in [-0.2, -0.15) is 0 Å². The Hall–Kier alpha value is -0.580. The summed E-state index contributed by atoms with van der Waals surface area (Å²) in [5.74, 6) is 0.672. The van der Waals surface area contributed by atoms with E-state index in [1.54, 1.807) is 0 Å². The fourth-order valence-electron chi connectivity index (χ4n) is 2.56. The fourth-order valence-corrected chi connectivity index (χ4v) is 2.92. The number of benzene rings is 1. The van der Waals surface area contributed by atoms with Gasteiger partial charge in [-0.1, -0.05) is 26.2 Å². The van der Waals surface area contributed by atoms with Crippen molar-refractivity contribution in [2.75, 3.05) is 0 Å². The Morgan fingerprint density at radius 2 is 1.83 bits per heavy atom. The molecule has 98 valence electrons. The van der Waals surface area contributed by atoms with Crippen molar-refractivity contribution in [2.45, 2.75) is 45.1 Å². The van der Waals surface area contributed by atoms with Crippen molar-refractivity contribution in [3.8, 4) is 0 Å². The van der Waals surface area contributed by atoms with E-state index in [9.17, 15) is 4.79 Å². The van der Waals surface area contributed by atoms with Gasteiger partial charge in [0.05, 0.1) is 0 Å². The van der Waals surface area contributed by atoms with Gasteiger partial charge in [0.25, 0.3) is 5.91 Å². The summed E-state index contributed by atoms with van der Waals surface area (Å²) in [6.45, 7) is 2.25. The van der Waals surface area contributed by atoms with Crippen molar-refractivity contribution in [3.05, 3.63) is 33.4 Å². The number of halogens is 1. The lowest BCUT2D eigenvalue weighted by Crippen LogP contribution is -2.38. The van der Waals surface area contributed by atoms with Gasteiger partial charge in [-0.05, 0) is 65.6 Å². The zero-order chi connectivity index (χ0) is 13.0. The molecule has 0 aromatic heterocycles. The first kappa shape index (κ1) is 13.8. The minimum absolute atomic E-state index is 0.0742. The van der Waals surface area contributed by atoms with Gasteiger partial charge < -0.3 is 5.32 Å². The Bertz CT molecular complexity index is 401. The van der Waals surface area contributed by atoms with E-state index >= 15 is 0 Å². The summed E-state index contributed by atoms with van der Waals surface area (Å²) >= 11 is 2.25. The lowest BCUT2D eigenvalue weighted by Gasteiger charge is -2.22. The van der Waals surface area contributed by atoms with E-state index < -0.39 is 0 Å². The summed E-state index contributed by atoms with van der Waals surface area (Å²) in [4.78, 5) is 12.2. The maximum absolute atomic E-state index is 12.2. The van der Waals surface area contributed by atoms with E-state index in [2.05, 4.69) is 34.8 Å². The maximum atomic E-state index is 12.2. The van der Waals surface area contributed by atoms with E-state index in [0.29, 0.717) is 12.0 Å². The minimum Gasteiger partial charge on any atom is -0.349 e. The van der Waals surface area contributed by atoms with E-state index in [-0.39, 0.29) is 5.91 Å². The van der Waals surface area contributed by atoms with Crippen LogP contribution in [0.2, 0.25) is 0 Å². The molecule has 3 heteroatoms. The van der Waals surface area contributed by atoms with Crippen LogP contribution >= 0.6 is 22.6 Å². The SMILES string of the molecule is CC1CCCCCC1NC(=O)c1ccc(I)cc1. The Balaban J connectivity index is 1.99. The van der Waals surface area contributed by atoms with Crippen molar-refractivity contribution >= 4 is 28.5 Å². The van der Waals surface area contributed by atoms with Crippen LogP contribution in [0, 0.1) is 9.49 Å². The molecule has 1 saturated carbocycles. The molecule has 1 aromatic rings. The summed E-state index contributed by atoms with van der Waals surface area (Å²) in [7, 11) is 0. The predicted molar refractivity (Wildman–Crippen MR) is 82.7 cm³/mol. The normalized spacial score (nSPS) is 24.3. The molecule has 2 rings (SSSR count). The summed E-state index contributed by atoms with van der Waals surface area (Å²) in [5.41, 5.74) is 0.770. The number of carbonyl (C=O) groups excluding carboxylic acids is 1. The molecule has 0 aliphatic heterocycles. The smallest absolute Gasteiger partial charge is 0.251 e. The first-order chi connectivity index (χ1) is 8.66. The van der Waals surface area contributed by atoms with Gasteiger partial charge >= 0.3 is 0 Å². The standard InChI is InChI=1S/C15H20INO/c1-11-5-3-2-4-6-14(11)17-15(18)12-7-9-13(16)10-8-12/h7-11,14H,2-6H2,1H3,(H,17,18).